The standard InChI is InChI=1S/C12H12N4S/c1-3-8-4-5-9-10(6-8)14-12(13-9)11-7(2)15-16-17-11/h4-6H,3H2,1-2H3,(H,13,14). The number of rotatable bonds is 2. The Morgan fingerprint density at radius 1 is 1.35 bits per heavy atom. The zero-order chi connectivity index (χ0) is 11.8. The van der Waals surface area contributed by atoms with Gasteiger partial charge in [-0.2, -0.15) is 0 Å². The van der Waals surface area contributed by atoms with Crippen molar-refractivity contribution < 1.29 is 0 Å². The van der Waals surface area contributed by atoms with Gasteiger partial charge in [-0.3, -0.25) is 0 Å². The van der Waals surface area contributed by atoms with Gasteiger partial charge in [0.25, 0.3) is 0 Å². The number of nitrogens with zero attached hydrogens (tertiary/aromatic N) is 3. The number of hydrogen-bond donors (Lipinski definition) is 1. The number of hydrogen-bond acceptors (Lipinski definition) is 4. The molecule has 0 bridgehead atoms. The number of nitrogens with one attached hydrogen (secondary N) is 1. The molecule has 0 amide bonds. The highest BCUT2D eigenvalue weighted by Crippen LogP contribution is 2.25. The number of aromatic amines is 1. The molecule has 0 radical (unpaired) electrons. The van der Waals surface area contributed by atoms with Crippen LogP contribution >= 0.6 is 11.5 Å². The van der Waals surface area contributed by atoms with Gasteiger partial charge in [0.2, 0.25) is 0 Å². The fourth-order valence-electron chi connectivity index (χ4n) is 1.83. The van der Waals surface area contributed by atoms with E-state index in [1.807, 2.05) is 6.92 Å². The van der Waals surface area contributed by atoms with E-state index in [0.29, 0.717) is 0 Å². The Hall–Kier alpha value is -1.75. The first-order chi connectivity index (χ1) is 8.28. The van der Waals surface area contributed by atoms with Crippen molar-refractivity contribution in [1.29, 1.82) is 0 Å². The lowest BCUT2D eigenvalue weighted by Crippen LogP contribution is -1.79. The first-order valence-corrected chi connectivity index (χ1v) is 6.33. The fraction of sp³-hybridized carbons (Fsp3) is 0.250. The van der Waals surface area contributed by atoms with E-state index in [1.165, 1.54) is 17.1 Å². The van der Waals surface area contributed by atoms with Crippen LogP contribution in [0, 0.1) is 6.92 Å². The van der Waals surface area contributed by atoms with E-state index in [2.05, 4.69) is 44.7 Å². The van der Waals surface area contributed by atoms with Crippen molar-refractivity contribution >= 4 is 22.6 Å². The first-order valence-electron chi connectivity index (χ1n) is 5.56. The maximum absolute atomic E-state index is 4.57. The molecule has 4 nitrogen and oxygen atoms in total. The van der Waals surface area contributed by atoms with E-state index in [0.717, 1.165) is 33.8 Å². The first kappa shape index (κ1) is 10.4. The van der Waals surface area contributed by atoms with E-state index in [1.54, 1.807) is 0 Å². The zero-order valence-electron chi connectivity index (χ0n) is 9.69. The van der Waals surface area contributed by atoms with Crippen molar-refractivity contribution in [3.63, 3.8) is 0 Å². The lowest BCUT2D eigenvalue weighted by atomic mass is 10.1. The van der Waals surface area contributed by atoms with Crippen LogP contribution in [0.25, 0.3) is 21.7 Å². The Morgan fingerprint density at radius 3 is 2.94 bits per heavy atom. The Morgan fingerprint density at radius 2 is 2.24 bits per heavy atom. The molecule has 2 aromatic heterocycles. The molecule has 0 aliphatic rings. The van der Waals surface area contributed by atoms with E-state index in [-0.39, 0.29) is 0 Å². The number of aromatic nitrogens is 4. The van der Waals surface area contributed by atoms with Crippen LogP contribution in [0.5, 0.6) is 0 Å². The van der Waals surface area contributed by atoms with Crippen LogP contribution in [-0.2, 0) is 6.42 Å². The fourth-order valence-corrected chi connectivity index (χ4v) is 2.43. The Bertz CT molecular complexity index is 668. The minimum atomic E-state index is 0.862. The molecule has 0 spiro atoms. The molecule has 0 atom stereocenters. The highest BCUT2D eigenvalue weighted by Gasteiger charge is 2.11. The molecule has 0 fully saturated rings. The summed E-state index contributed by atoms with van der Waals surface area (Å²) in [6.45, 7) is 4.10. The molecule has 1 N–H and O–H groups in total. The molecule has 0 saturated carbocycles. The maximum atomic E-state index is 4.57. The van der Waals surface area contributed by atoms with Crippen molar-refractivity contribution in [2.45, 2.75) is 20.3 Å². The SMILES string of the molecule is CCc1ccc2nc(-c3snnc3C)[nH]c2c1. The number of fused-ring (bicyclic) bond motifs is 1. The Kier molecular flexibility index (Phi) is 2.40. The van der Waals surface area contributed by atoms with Crippen LogP contribution in [0.15, 0.2) is 18.2 Å². The van der Waals surface area contributed by atoms with Crippen LogP contribution < -0.4 is 0 Å². The lowest BCUT2D eigenvalue weighted by Gasteiger charge is -1.93. The summed E-state index contributed by atoms with van der Waals surface area (Å²) < 4.78 is 3.93. The van der Waals surface area contributed by atoms with Gasteiger partial charge in [0.05, 0.1) is 16.7 Å². The quantitative estimate of drug-likeness (QED) is 0.754. The minimum Gasteiger partial charge on any atom is -0.337 e. The number of benzene rings is 1. The monoisotopic (exact) mass is 244 g/mol. The highest BCUT2D eigenvalue weighted by atomic mass is 32.1. The summed E-state index contributed by atoms with van der Waals surface area (Å²) in [6, 6.07) is 6.32. The summed E-state index contributed by atoms with van der Waals surface area (Å²) in [5.74, 6) is 0.862. The predicted octanol–water partition coefficient (Wildman–Crippen LogP) is 2.95. The van der Waals surface area contributed by atoms with Crippen molar-refractivity contribution in [3.05, 3.63) is 29.5 Å². The highest BCUT2D eigenvalue weighted by molar-refractivity contribution is 7.09. The average molecular weight is 244 g/mol. The smallest absolute Gasteiger partial charge is 0.152 e. The molecule has 0 aliphatic carbocycles. The van der Waals surface area contributed by atoms with Crippen molar-refractivity contribution in [3.8, 4) is 10.7 Å². The van der Waals surface area contributed by atoms with Gasteiger partial charge in [-0.05, 0) is 42.6 Å². The molecule has 3 rings (SSSR count). The lowest BCUT2D eigenvalue weighted by molar-refractivity contribution is 1.09. The summed E-state index contributed by atoms with van der Waals surface area (Å²) in [5.41, 5.74) is 4.30. The van der Waals surface area contributed by atoms with E-state index in [4.69, 9.17) is 0 Å². The summed E-state index contributed by atoms with van der Waals surface area (Å²) >= 11 is 1.37. The van der Waals surface area contributed by atoms with E-state index in [9.17, 15) is 0 Å². The summed E-state index contributed by atoms with van der Waals surface area (Å²) in [7, 11) is 0. The van der Waals surface area contributed by atoms with Gasteiger partial charge in [0.15, 0.2) is 5.82 Å². The topological polar surface area (TPSA) is 54.5 Å². The van der Waals surface area contributed by atoms with Gasteiger partial charge in [-0.25, -0.2) is 4.98 Å². The number of aryl methyl sites for hydroxylation is 2. The van der Waals surface area contributed by atoms with Crippen LogP contribution in [0.4, 0.5) is 0 Å². The molecular formula is C12H12N4S. The van der Waals surface area contributed by atoms with E-state index < -0.39 is 0 Å². The summed E-state index contributed by atoms with van der Waals surface area (Å²) in [4.78, 5) is 8.91. The second kappa shape index (κ2) is 3.92. The van der Waals surface area contributed by atoms with Crippen LogP contribution in [-0.4, -0.2) is 19.6 Å². The molecule has 5 heteroatoms. The average Bonchev–Trinajstić information content (AvgIpc) is 2.93. The predicted molar refractivity (Wildman–Crippen MR) is 69.1 cm³/mol. The maximum Gasteiger partial charge on any atom is 0.152 e. The molecule has 17 heavy (non-hydrogen) atoms. The second-order valence-corrected chi connectivity index (χ2v) is 4.73. The van der Waals surface area contributed by atoms with Crippen LogP contribution in [0.1, 0.15) is 18.2 Å². The number of H-pyrrole nitrogens is 1. The van der Waals surface area contributed by atoms with Gasteiger partial charge in [-0.15, -0.1) is 5.10 Å². The Labute approximate surface area is 103 Å². The molecule has 3 aromatic rings. The van der Waals surface area contributed by atoms with Gasteiger partial charge < -0.3 is 4.98 Å². The normalized spacial score (nSPS) is 11.2. The van der Waals surface area contributed by atoms with Crippen LogP contribution in [0.2, 0.25) is 0 Å². The third-order valence-corrected chi connectivity index (χ3v) is 3.66. The third kappa shape index (κ3) is 1.72. The molecule has 0 unspecified atom stereocenters. The van der Waals surface area contributed by atoms with Crippen molar-refractivity contribution in [2.75, 3.05) is 0 Å². The minimum absolute atomic E-state index is 0.862. The molecule has 1 aromatic carbocycles. The molecule has 2 heterocycles. The molecule has 86 valence electrons. The molecular weight excluding hydrogens is 232 g/mol. The summed E-state index contributed by atoms with van der Waals surface area (Å²) in [6.07, 6.45) is 1.03. The van der Waals surface area contributed by atoms with Crippen molar-refractivity contribution in [1.82, 2.24) is 19.6 Å². The van der Waals surface area contributed by atoms with Gasteiger partial charge in [0, 0.05) is 0 Å². The third-order valence-electron chi connectivity index (χ3n) is 2.82. The number of imidazole rings is 1. The molecule has 0 aliphatic heterocycles. The Balaban J connectivity index is 2.17. The largest absolute Gasteiger partial charge is 0.337 e. The van der Waals surface area contributed by atoms with E-state index >= 15 is 0 Å². The van der Waals surface area contributed by atoms with Crippen molar-refractivity contribution in [2.24, 2.45) is 0 Å². The second-order valence-electron chi connectivity index (χ2n) is 3.98. The molecule has 0 saturated heterocycles. The zero-order valence-corrected chi connectivity index (χ0v) is 10.5. The van der Waals surface area contributed by atoms with Gasteiger partial charge in [0.1, 0.15) is 4.88 Å². The van der Waals surface area contributed by atoms with Gasteiger partial charge in [-0.1, -0.05) is 17.5 Å². The summed E-state index contributed by atoms with van der Waals surface area (Å²) in [5, 5.41) is 4.01. The van der Waals surface area contributed by atoms with Gasteiger partial charge >= 0.3 is 0 Å². The van der Waals surface area contributed by atoms with Crippen LogP contribution in [0.3, 0.4) is 0 Å².